The van der Waals surface area contributed by atoms with Gasteiger partial charge in [0.05, 0.1) is 21.8 Å². The molecule has 1 aromatic carbocycles. The molecule has 7 nitrogen and oxygen atoms in total. The second-order valence-corrected chi connectivity index (χ2v) is 9.00. The number of hydrogen-bond donors (Lipinski definition) is 3. The number of aryl methyl sites for hydroxylation is 2. The van der Waals surface area contributed by atoms with Crippen molar-refractivity contribution in [1.29, 1.82) is 0 Å². The van der Waals surface area contributed by atoms with Crippen molar-refractivity contribution in [1.82, 2.24) is 4.57 Å². The van der Waals surface area contributed by atoms with E-state index in [1.165, 1.54) is 36.0 Å². The van der Waals surface area contributed by atoms with Crippen LogP contribution >= 0.6 is 0 Å². The minimum absolute atomic E-state index is 0.130. The molecule has 1 saturated carbocycles. The van der Waals surface area contributed by atoms with Gasteiger partial charge in [-0.25, -0.2) is 12.8 Å². The standard InChI is InChI=1S/C18H22FN3O4S.C2H6/c1-12-3-4-14(13(19)9-12)20-15-10-17(24)22(2)11-16(15)21-27(25,26)18(5-6-18)7-8-23;1-2/h3-4,9-11,20-21,23H,5-8H2,1-2H3;1-2H3. The SMILES string of the molecule is CC.Cc1ccc(Nc2cc(=O)n(C)cc2NS(=O)(=O)C2(CCO)CC2)c(F)c1. The molecular weight excluding hydrogens is 397 g/mol. The van der Waals surface area contributed by atoms with Crippen molar-refractivity contribution in [2.75, 3.05) is 16.6 Å². The molecule has 2 aromatic rings. The molecule has 0 amide bonds. The van der Waals surface area contributed by atoms with E-state index in [1.807, 2.05) is 13.8 Å². The minimum Gasteiger partial charge on any atom is -0.396 e. The van der Waals surface area contributed by atoms with Gasteiger partial charge in [0.15, 0.2) is 0 Å². The average molecular weight is 426 g/mol. The third-order valence-corrected chi connectivity index (χ3v) is 7.05. The van der Waals surface area contributed by atoms with E-state index < -0.39 is 20.6 Å². The first-order chi connectivity index (χ1) is 13.7. The Kier molecular flexibility index (Phi) is 7.07. The number of nitrogens with one attached hydrogen (secondary N) is 2. The van der Waals surface area contributed by atoms with Crippen LogP contribution in [-0.4, -0.2) is 29.4 Å². The van der Waals surface area contributed by atoms with Gasteiger partial charge in [-0.2, -0.15) is 0 Å². The van der Waals surface area contributed by atoms with Crippen molar-refractivity contribution in [2.45, 2.75) is 44.8 Å². The van der Waals surface area contributed by atoms with E-state index in [9.17, 15) is 17.6 Å². The van der Waals surface area contributed by atoms with Crippen molar-refractivity contribution in [3.05, 3.63) is 52.2 Å². The lowest BCUT2D eigenvalue weighted by Crippen LogP contribution is -2.31. The predicted molar refractivity (Wildman–Crippen MR) is 114 cm³/mol. The number of halogens is 1. The zero-order chi connectivity index (χ0) is 21.8. The molecule has 1 heterocycles. The molecule has 1 aromatic heterocycles. The number of sulfonamides is 1. The molecule has 3 N–H and O–H groups in total. The van der Waals surface area contributed by atoms with Crippen molar-refractivity contribution in [2.24, 2.45) is 7.05 Å². The fourth-order valence-electron chi connectivity index (χ4n) is 2.93. The molecule has 3 rings (SSSR count). The van der Waals surface area contributed by atoms with Gasteiger partial charge in [0, 0.05) is 25.9 Å². The van der Waals surface area contributed by atoms with E-state index in [0.29, 0.717) is 12.8 Å². The predicted octanol–water partition coefficient (Wildman–Crippen LogP) is 3.26. The quantitative estimate of drug-likeness (QED) is 0.632. The summed E-state index contributed by atoms with van der Waals surface area (Å²) in [6, 6.07) is 5.78. The van der Waals surface area contributed by atoms with Gasteiger partial charge in [-0.15, -0.1) is 0 Å². The van der Waals surface area contributed by atoms with E-state index in [2.05, 4.69) is 10.0 Å². The van der Waals surface area contributed by atoms with Gasteiger partial charge in [-0.1, -0.05) is 19.9 Å². The van der Waals surface area contributed by atoms with Crippen LogP contribution in [0.2, 0.25) is 0 Å². The number of nitrogens with zero attached hydrogens (tertiary/aromatic N) is 1. The van der Waals surface area contributed by atoms with Crippen LogP contribution in [0.5, 0.6) is 0 Å². The van der Waals surface area contributed by atoms with Crippen LogP contribution in [-0.2, 0) is 17.1 Å². The summed E-state index contributed by atoms with van der Waals surface area (Å²) >= 11 is 0. The molecule has 9 heteroatoms. The molecule has 0 unspecified atom stereocenters. The maximum absolute atomic E-state index is 14.2. The smallest absolute Gasteiger partial charge is 0.252 e. The van der Waals surface area contributed by atoms with Gasteiger partial charge in [0.1, 0.15) is 5.82 Å². The number of benzene rings is 1. The highest BCUT2D eigenvalue weighted by molar-refractivity contribution is 7.94. The first kappa shape index (κ1) is 22.9. The topological polar surface area (TPSA) is 100 Å². The van der Waals surface area contributed by atoms with Crippen LogP contribution in [0.3, 0.4) is 0 Å². The Hall–Kier alpha value is -2.39. The summed E-state index contributed by atoms with van der Waals surface area (Å²) < 4.78 is 42.5. The summed E-state index contributed by atoms with van der Waals surface area (Å²) in [6.07, 6.45) is 2.42. The third-order valence-electron chi connectivity index (χ3n) is 4.81. The summed E-state index contributed by atoms with van der Waals surface area (Å²) in [5.74, 6) is -0.511. The van der Waals surface area contributed by atoms with Crippen molar-refractivity contribution in [3.8, 4) is 0 Å². The number of anilines is 3. The van der Waals surface area contributed by atoms with E-state index in [-0.39, 0.29) is 35.6 Å². The summed E-state index contributed by atoms with van der Waals surface area (Å²) in [7, 11) is -2.29. The molecule has 1 aliphatic rings. The van der Waals surface area contributed by atoms with Crippen LogP contribution in [0.25, 0.3) is 0 Å². The van der Waals surface area contributed by atoms with Crippen molar-refractivity contribution < 1.29 is 17.9 Å². The normalized spacial score (nSPS) is 14.6. The highest BCUT2D eigenvalue weighted by Crippen LogP contribution is 2.47. The largest absolute Gasteiger partial charge is 0.396 e. The fourth-order valence-corrected chi connectivity index (χ4v) is 4.60. The molecule has 1 fully saturated rings. The van der Waals surface area contributed by atoms with Crippen molar-refractivity contribution in [3.63, 3.8) is 0 Å². The lowest BCUT2D eigenvalue weighted by molar-refractivity contribution is 0.283. The maximum atomic E-state index is 14.2. The van der Waals surface area contributed by atoms with E-state index in [0.717, 1.165) is 5.56 Å². The lowest BCUT2D eigenvalue weighted by Gasteiger charge is -2.20. The minimum atomic E-state index is -3.78. The first-order valence-corrected chi connectivity index (χ1v) is 11.0. The van der Waals surface area contributed by atoms with Gasteiger partial charge >= 0.3 is 0 Å². The van der Waals surface area contributed by atoms with Crippen molar-refractivity contribution >= 4 is 27.1 Å². The van der Waals surface area contributed by atoms with E-state index in [4.69, 9.17) is 5.11 Å². The number of aromatic nitrogens is 1. The Bertz CT molecular complexity index is 1030. The Morgan fingerprint density at radius 2 is 1.83 bits per heavy atom. The molecule has 29 heavy (non-hydrogen) atoms. The summed E-state index contributed by atoms with van der Waals surface area (Å²) in [5.41, 5.74) is 0.795. The molecule has 0 bridgehead atoms. The second kappa shape index (κ2) is 8.96. The third kappa shape index (κ3) is 4.97. The lowest BCUT2D eigenvalue weighted by atomic mass is 10.2. The summed E-state index contributed by atoms with van der Waals surface area (Å²) in [4.78, 5) is 12.0. The molecule has 0 radical (unpaired) electrons. The van der Waals surface area contributed by atoms with Crippen LogP contribution in [0.1, 0.15) is 38.7 Å². The number of pyridine rings is 1. The number of hydrogen-bond acceptors (Lipinski definition) is 5. The van der Waals surface area contributed by atoms with Crippen LogP contribution < -0.4 is 15.6 Å². The average Bonchev–Trinajstić information content (AvgIpc) is 3.45. The maximum Gasteiger partial charge on any atom is 0.252 e. The van der Waals surface area contributed by atoms with Crippen LogP contribution in [0.15, 0.2) is 35.3 Å². The molecule has 0 spiro atoms. The van der Waals surface area contributed by atoms with Gasteiger partial charge < -0.3 is 15.0 Å². The molecule has 160 valence electrons. The summed E-state index contributed by atoms with van der Waals surface area (Å²) in [5, 5.41) is 12.0. The fraction of sp³-hybridized carbons (Fsp3) is 0.450. The van der Waals surface area contributed by atoms with E-state index >= 15 is 0 Å². The number of rotatable bonds is 7. The van der Waals surface area contributed by atoms with E-state index in [1.54, 1.807) is 13.0 Å². The molecular formula is C20H28FN3O4S. The highest BCUT2D eigenvalue weighted by atomic mass is 32.2. The summed E-state index contributed by atoms with van der Waals surface area (Å²) in [6.45, 7) is 5.52. The molecule has 0 saturated heterocycles. The Labute approximate surface area is 170 Å². The van der Waals surface area contributed by atoms with Gasteiger partial charge in [-0.3, -0.25) is 9.52 Å². The van der Waals surface area contributed by atoms with Gasteiger partial charge in [-0.05, 0) is 43.9 Å². The number of aliphatic hydroxyl groups is 1. The Morgan fingerprint density at radius 3 is 2.38 bits per heavy atom. The monoisotopic (exact) mass is 425 g/mol. The molecule has 0 atom stereocenters. The first-order valence-electron chi connectivity index (χ1n) is 9.54. The molecule has 1 aliphatic carbocycles. The molecule has 0 aliphatic heterocycles. The zero-order valence-electron chi connectivity index (χ0n) is 17.1. The Morgan fingerprint density at radius 1 is 1.17 bits per heavy atom. The Balaban J connectivity index is 0.00000145. The number of aliphatic hydroxyl groups excluding tert-OH is 1. The van der Waals surface area contributed by atoms with Crippen LogP contribution in [0.4, 0.5) is 21.5 Å². The second-order valence-electron chi connectivity index (χ2n) is 6.92. The van der Waals surface area contributed by atoms with Gasteiger partial charge in [0.2, 0.25) is 10.0 Å². The van der Waals surface area contributed by atoms with Gasteiger partial charge in [0.25, 0.3) is 5.56 Å². The highest BCUT2D eigenvalue weighted by Gasteiger charge is 2.54. The zero-order valence-corrected chi connectivity index (χ0v) is 17.9. The van der Waals surface area contributed by atoms with Crippen LogP contribution in [0, 0.1) is 12.7 Å².